The van der Waals surface area contributed by atoms with Crippen LogP contribution in [0.1, 0.15) is 170 Å². The summed E-state index contributed by atoms with van der Waals surface area (Å²) in [7, 11) is 3.20. The molecule has 2 aromatic carbocycles. The van der Waals surface area contributed by atoms with Gasteiger partial charge in [-0.05, 0) is 155 Å². The lowest BCUT2D eigenvalue weighted by Crippen LogP contribution is -2.54. The molecule has 2 bridgehead atoms. The van der Waals surface area contributed by atoms with E-state index in [1.807, 2.05) is 82.7 Å². The molecule has 4 fully saturated rings. The molecule has 132 heavy (non-hydrogen) atoms. The summed E-state index contributed by atoms with van der Waals surface area (Å²) in [4.78, 5) is 149. The number of rotatable bonds is 29. The molecular formula is C96H127N17O19. The molecule has 3 saturated heterocycles. The number of nitrogens with zero attached hydrogens (tertiary/aromatic N) is 13. The average Bonchev–Trinajstić information content (AvgIpc) is 1.61. The summed E-state index contributed by atoms with van der Waals surface area (Å²) in [5, 5.41) is 22.5. The largest absolute Gasteiger partial charge is 0.460 e. The van der Waals surface area contributed by atoms with Gasteiger partial charge in [0.2, 0.25) is 23.6 Å². The number of piperazine rings is 1. The van der Waals surface area contributed by atoms with Gasteiger partial charge in [0, 0.05) is 140 Å². The zero-order valence-corrected chi connectivity index (χ0v) is 76.8. The summed E-state index contributed by atoms with van der Waals surface area (Å²) in [6, 6.07) is 10.8. The van der Waals surface area contributed by atoms with Gasteiger partial charge in [-0.3, -0.25) is 28.8 Å². The number of aliphatic hydroxyl groups is 1. The molecule has 12 atom stereocenters. The summed E-state index contributed by atoms with van der Waals surface area (Å²) >= 11 is 0. The fourth-order valence-corrected chi connectivity index (χ4v) is 17.9. The van der Waals surface area contributed by atoms with Crippen molar-refractivity contribution >= 4 is 93.0 Å². The van der Waals surface area contributed by atoms with Crippen molar-refractivity contribution in [1.29, 1.82) is 0 Å². The number of hydrogen-bond donors (Lipinski definition) is 5. The zero-order valence-electron chi connectivity index (χ0n) is 76.8. The van der Waals surface area contributed by atoms with Crippen LogP contribution in [0.3, 0.4) is 0 Å². The molecule has 5 aromatic heterocycles. The number of ether oxygens (including phenoxy) is 9. The van der Waals surface area contributed by atoms with Crippen LogP contribution in [0.25, 0.3) is 33.4 Å². The van der Waals surface area contributed by atoms with E-state index in [1.165, 1.54) is 29.2 Å². The van der Waals surface area contributed by atoms with Gasteiger partial charge in [0.15, 0.2) is 11.2 Å². The third-order valence-electron chi connectivity index (χ3n) is 25.6. The normalized spacial score (nSPS) is 24.4. The summed E-state index contributed by atoms with van der Waals surface area (Å²) in [5.74, 6) is -2.45. The van der Waals surface area contributed by atoms with E-state index >= 15 is 0 Å². The second-order valence-electron chi connectivity index (χ2n) is 35.2. The van der Waals surface area contributed by atoms with Crippen molar-refractivity contribution in [1.82, 2.24) is 65.1 Å². The number of allylic oxidation sites excluding steroid dienone is 6. The van der Waals surface area contributed by atoms with Crippen molar-refractivity contribution in [2.24, 2.45) is 23.7 Å². The summed E-state index contributed by atoms with van der Waals surface area (Å²) in [5.41, 5.74) is 21.1. The van der Waals surface area contributed by atoms with E-state index in [0.29, 0.717) is 218 Å². The number of anilines is 4. The van der Waals surface area contributed by atoms with Crippen molar-refractivity contribution in [2.75, 3.05) is 134 Å². The molecule has 2 unspecified atom stereocenters. The zero-order chi connectivity index (χ0) is 93.2. The maximum absolute atomic E-state index is 14.6. The van der Waals surface area contributed by atoms with Crippen molar-refractivity contribution in [3.63, 3.8) is 0 Å². The van der Waals surface area contributed by atoms with Gasteiger partial charge in [-0.1, -0.05) is 75.4 Å². The number of esters is 1. The Morgan fingerprint density at radius 2 is 1.39 bits per heavy atom. The van der Waals surface area contributed by atoms with Gasteiger partial charge in [-0.25, -0.2) is 44.2 Å². The molecule has 710 valence electrons. The number of piperidine rings is 1. The molecule has 1 saturated carbocycles. The highest BCUT2D eigenvalue weighted by Gasteiger charge is 2.43. The van der Waals surface area contributed by atoms with Crippen LogP contribution in [-0.4, -0.2) is 268 Å². The highest BCUT2D eigenvalue weighted by atomic mass is 16.6. The third-order valence-corrected chi connectivity index (χ3v) is 25.6. The number of alkyl carbamates (subject to hydrolysis) is 1. The number of nitrogens with one attached hydrogen (secondary N) is 2. The molecule has 0 radical (unpaired) electrons. The Balaban J connectivity index is 0.477. The Bertz CT molecular complexity index is 5210. The van der Waals surface area contributed by atoms with Gasteiger partial charge in [-0.15, -0.1) is 0 Å². The van der Waals surface area contributed by atoms with Crippen molar-refractivity contribution in [3.05, 3.63) is 143 Å². The van der Waals surface area contributed by atoms with Gasteiger partial charge < -0.3 is 93.9 Å². The van der Waals surface area contributed by atoms with Crippen molar-refractivity contribution in [3.8, 4) is 11.3 Å². The fraction of sp³-hybridized carbons (Fsp3) is 0.562. The number of amides is 4. The number of oxazole rings is 1. The number of Topliss-reactive ketones (excluding diaryl/α,β-unsaturated/α-hetero) is 3. The number of aliphatic hydroxyl groups excluding tert-OH is 1. The van der Waals surface area contributed by atoms with Crippen LogP contribution in [0, 0.1) is 23.7 Å². The van der Waals surface area contributed by atoms with E-state index < -0.39 is 66.2 Å². The standard InChI is InChI=1S/C96H127N17O19/c1-60-14-9-8-10-15-61(2)82(123-6)50-72-16-13-18-81(129-72)87(118)91(120)112-30-12-11-17-75(112)92(121)130-73(49-76(114)63(4)45-64(5)78(116)51-77(115)62(3)44-60)24-20-65-21-25-80(83(47-65)124-7)132-96(122)104-54-67-52-100-94(101-53-67)109-32-34-110(35-33-109)95-102-55-71(56-103-95)90(119)99-29-37-126-39-41-128-43-42-127-40-38-125-36-28-84(117)111-31-27-68-46-66(19-22-70(68)58-111)57-113-89-85(88(97)105-59-106-89)86(108-113)69-23-26-79-74(48-69)107-93(98)131-79/h8-10,14-15,19,22-23,26,45-46,48,52-53,55-56,59-60,62-63,65,72-73,75,78,80-83,116H,11-13,16-18,20-21,24-25,27-44,47,49-51,54,57-58H2,1-7H3,(H2,98,107)(H,99,119)(H,104,122)(H2,97,105,106)/b10-8?,14-9+,61-15?,64-45+/t60-,62-,63-,65-,72?,73-,75+,78+,80-,81?,82+,83-/m1/s1. The molecule has 4 amide bonds. The second kappa shape index (κ2) is 48.3. The van der Waals surface area contributed by atoms with E-state index in [9.17, 15) is 43.5 Å². The smallest absolute Gasteiger partial charge is 0.407 e. The van der Waals surface area contributed by atoms with Gasteiger partial charge in [0.25, 0.3) is 17.8 Å². The first-order chi connectivity index (χ1) is 63.9. The van der Waals surface area contributed by atoms with Gasteiger partial charge in [0.05, 0.1) is 101 Å². The molecule has 6 aliphatic rings. The predicted octanol–water partition coefficient (Wildman–Crippen LogP) is 9.52. The van der Waals surface area contributed by atoms with Gasteiger partial charge in [-0.2, -0.15) is 10.1 Å². The number of methoxy groups -OCH3 is 2. The molecule has 13 rings (SSSR count). The molecule has 7 N–H and O–H groups in total. The number of benzene rings is 2. The minimum absolute atomic E-state index is 0.0241. The lowest BCUT2D eigenvalue weighted by molar-refractivity contribution is -0.167. The van der Waals surface area contributed by atoms with Crippen molar-refractivity contribution in [2.45, 2.75) is 212 Å². The number of carbonyl (C=O) groups is 8. The lowest BCUT2D eigenvalue weighted by Gasteiger charge is -2.37. The first-order valence-electron chi connectivity index (χ1n) is 46.3. The Hall–Kier alpha value is -11.4. The Morgan fingerprint density at radius 3 is 2.13 bits per heavy atom. The minimum atomic E-state index is -1.11. The van der Waals surface area contributed by atoms with Crippen molar-refractivity contribution < 1.29 is 90.5 Å². The first-order valence-corrected chi connectivity index (χ1v) is 46.3. The molecule has 7 aromatic rings. The summed E-state index contributed by atoms with van der Waals surface area (Å²) in [6.07, 6.45) is 21.2. The minimum Gasteiger partial charge on any atom is -0.460 e. The number of cyclic esters (lactones) is 1. The van der Waals surface area contributed by atoms with Gasteiger partial charge >= 0.3 is 12.1 Å². The molecule has 10 heterocycles. The number of nitrogens with two attached hydrogens (primary N) is 2. The third kappa shape index (κ3) is 27.2. The number of hydrogen-bond acceptors (Lipinski definition) is 31. The Morgan fingerprint density at radius 1 is 0.667 bits per heavy atom. The first kappa shape index (κ1) is 98.1. The monoisotopic (exact) mass is 1820 g/mol. The molecular weight excluding hydrogens is 1700 g/mol. The highest BCUT2D eigenvalue weighted by molar-refractivity contribution is 6.38. The number of nitrogen functional groups attached to an aromatic ring is 2. The van der Waals surface area contributed by atoms with Crippen LogP contribution < -0.4 is 31.9 Å². The quantitative estimate of drug-likeness (QED) is 0.0126. The maximum Gasteiger partial charge on any atom is 0.407 e. The fourth-order valence-electron chi connectivity index (χ4n) is 17.9. The van der Waals surface area contributed by atoms with Gasteiger partial charge in [0.1, 0.15) is 59.3 Å². The number of aromatic nitrogens is 9. The molecule has 36 heteroatoms. The molecule has 5 aliphatic heterocycles. The van der Waals surface area contributed by atoms with Crippen LogP contribution in [0.5, 0.6) is 0 Å². The van der Waals surface area contributed by atoms with Crippen LogP contribution in [-0.2, 0) is 97.5 Å². The van der Waals surface area contributed by atoms with E-state index in [2.05, 4.69) is 63.7 Å². The highest BCUT2D eigenvalue weighted by Crippen LogP contribution is 2.37. The van der Waals surface area contributed by atoms with Crippen LogP contribution >= 0.6 is 0 Å². The number of carbonyl (C=O) groups excluding carboxylic acids is 8. The lowest BCUT2D eigenvalue weighted by atomic mass is 9.81. The number of fused-ring (bicyclic) bond motifs is 6. The Labute approximate surface area is 769 Å². The van der Waals surface area contributed by atoms with E-state index in [4.69, 9.17) is 63.6 Å². The van der Waals surface area contributed by atoms with E-state index in [-0.39, 0.29) is 124 Å². The Kier molecular flexibility index (Phi) is 35.9. The van der Waals surface area contributed by atoms with E-state index in [1.54, 1.807) is 52.6 Å². The topological polar surface area (TPSA) is 450 Å². The van der Waals surface area contributed by atoms with Crippen LogP contribution in [0.4, 0.5) is 28.5 Å². The summed E-state index contributed by atoms with van der Waals surface area (Å²) < 4.78 is 60.5. The van der Waals surface area contributed by atoms with Crippen LogP contribution in [0.2, 0.25) is 0 Å². The molecule has 0 spiro atoms. The maximum atomic E-state index is 14.6. The molecule has 36 nitrogen and oxygen atoms in total. The molecule has 1 aliphatic carbocycles. The second-order valence-corrected chi connectivity index (χ2v) is 35.2. The average molecular weight is 1820 g/mol. The number of ketones is 3. The van der Waals surface area contributed by atoms with Crippen LogP contribution in [0.15, 0.2) is 120 Å². The summed E-state index contributed by atoms with van der Waals surface area (Å²) in [6.45, 7) is 16.4. The SMILES string of the molecule is CO[C@H]1CC2CCCC(O2)C(=O)C(=O)N2CCCC[C@H]2C(=O)O[C@H](CC[C@@H]2CC[C@@H](OC(=O)NCc3cnc(N4CCN(c5ncc(C(=O)NCCOCCOCCOCCOCCC(=O)N6CCc7cc(Cn8nc(-c9ccc%10oc(N)nc%10c9)c9c(N)ncnc98)ccc7C6)cn5)CC4)nc3)[C@H](OC)C2)CC(=O)[C@H](C)/C=C(\C)[C@@H](O)CC(=O)[C@H](C)C[C@H](C)/C=C/C=CC=C1C. The predicted molar refractivity (Wildman–Crippen MR) is 490 cm³/mol. The van der Waals surface area contributed by atoms with E-state index in [0.717, 1.165) is 28.7 Å².